The number of benzene rings is 1. The van der Waals surface area contributed by atoms with Gasteiger partial charge >= 0.3 is 6.18 Å². The van der Waals surface area contributed by atoms with Crippen LogP contribution in [0.1, 0.15) is 29.3 Å². The zero-order chi connectivity index (χ0) is 12.7. The molecule has 1 aromatic carbocycles. The normalized spacial score (nSPS) is 23.5. The molecule has 0 saturated carbocycles. The number of hydrogen-bond donors (Lipinski definition) is 0. The van der Waals surface area contributed by atoms with Crippen molar-refractivity contribution in [3.63, 3.8) is 0 Å². The minimum Gasteiger partial charge on any atom is -0.369 e. The molecule has 1 aromatic rings. The zero-order valence-electron chi connectivity index (χ0n) is 9.17. The van der Waals surface area contributed by atoms with E-state index < -0.39 is 17.3 Å². The van der Waals surface area contributed by atoms with Crippen LogP contribution in [0.5, 0.6) is 0 Å². The number of carbonyl (C=O) groups is 1. The number of hydrogen-bond acceptors (Lipinski definition) is 2. The maximum Gasteiger partial charge on any atom is 0.416 e. The Morgan fingerprint density at radius 2 is 1.88 bits per heavy atom. The Balaban J connectivity index is 2.10. The molecule has 0 radical (unpaired) electrons. The molecule has 0 aliphatic carbocycles. The number of halogens is 3. The van der Waals surface area contributed by atoms with Crippen LogP contribution in [0, 0.1) is 0 Å². The Hall–Kier alpha value is -1.36. The summed E-state index contributed by atoms with van der Waals surface area (Å²) in [5.74, 6) is -0.196. The maximum absolute atomic E-state index is 12.3. The van der Waals surface area contributed by atoms with Crippen LogP contribution in [-0.2, 0) is 10.9 Å². The van der Waals surface area contributed by atoms with Crippen molar-refractivity contribution in [3.05, 3.63) is 35.4 Å². The first-order chi connectivity index (χ1) is 7.80. The number of Topliss-reactive ketones (excluding diaryl/α,β-unsaturated/α-hetero) is 1. The molecule has 92 valence electrons. The van der Waals surface area contributed by atoms with E-state index >= 15 is 0 Å². The number of ketones is 1. The second-order valence-electron chi connectivity index (χ2n) is 4.41. The van der Waals surface area contributed by atoms with Crippen molar-refractivity contribution < 1.29 is 22.7 Å². The van der Waals surface area contributed by atoms with Gasteiger partial charge in [0.1, 0.15) is 0 Å². The number of rotatable bonds is 3. The van der Waals surface area contributed by atoms with Gasteiger partial charge in [-0.3, -0.25) is 4.79 Å². The molecule has 1 unspecified atom stereocenters. The fourth-order valence-corrected chi connectivity index (χ4v) is 1.51. The van der Waals surface area contributed by atoms with Gasteiger partial charge in [-0.1, -0.05) is 12.1 Å². The van der Waals surface area contributed by atoms with Gasteiger partial charge in [0.2, 0.25) is 0 Å². The van der Waals surface area contributed by atoms with Gasteiger partial charge in [-0.2, -0.15) is 13.2 Å². The lowest BCUT2D eigenvalue weighted by molar-refractivity contribution is -0.137. The topological polar surface area (TPSA) is 29.6 Å². The molecule has 2 nitrogen and oxygen atoms in total. The molecule has 2 rings (SSSR count). The van der Waals surface area contributed by atoms with Crippen LogP contribution >= 0.6 is 0 Å². The van der Waals surface area contributed by atoms with E-state index in [-0.39, 0.29) is 17.8 Å². The lowest BCUT2D eigenvalue weighted by Gasteiger charge is -2.08. The monoisotopic (exact) mass is 244 g/mol. The molecule has 5 heteroatoms. The van der Waals surface area contributed by atoms with E-state index in [1.165, 1.54) is 12.1 Å². The summed E-state index contributed by atoms with van der Waals surface area (Å²) in [6.07, 6.45) is -4.16. The fraction of sp³-hybridized carbons (Fsp3) is 0.417. The van der Waals surface area contributed by atoms with Gasteiger partial charge in [0.05, 0.1) is 17.8 Å². The summed E-state index contributed by atoms with van der Waals surface area (Å²) in [5, 5.41) is 0. The van der Waals surface area contributed by atoms with Gasteiger partial charge in [0, 0.05) is 12.0 Å². The van der Waals surface area contributed by atoms with Gasteiger partial charge in [-0.25, -0.2) is 0 Å². The van der Waals surface area contributed by atoms with E-state index in [9.17, 15) is 18.0 Å². The average Bonchev–Trinajstić information content (AvgIpc) is 2.95. The van der Waals surface area contributed by atoms with Gasteiger partial charge in [0.15, 0.2) is 5.78 Å². The first kappa shape index (κ1) is 12.1. The van der Waals surface area contributed by atoms with Crippen molar-refractivity contribution in [1.29, 1.82) is 0 Å². The second kappa shape index (κ2) is 3.84. The van der Waals surface area contributed by atoms with E-state index in [4.69, 9.17) is 4.74 Å². The van der Waals surface area contributed by atoms with E-state index in [0.29, 0.717) is 6.61 Å². The molecule has 1 fully saturated rings. The van der Waals surface area contributed by atoms with Crippen LogP contribution in [0.25, 0.3) is 0 Å². The minimum atomic E-state index is -4.37. The van der Waals surface area contributed by atoms with Crippen LogP contribution in [0.2, 0.25) is 0 Å². The van der Waals surface area contributed by atoms with Crippen molar-refractivity contribution in [1.82, 2.24) is 0 Å². The summed E-state index contributed by atoms with van der Waals surface area (Å²) in [6, 6.07) is 4.25. The quantitative estimate of drug-likeness (QED) is 0.604. The third-order valence-corrected chi connectivity index (χ3v) is 2.71. The van der Waals surface area contributed by atoms with Crippen molar-refractivity contribution >= 4 is 5.78 Å². The zero-order valence-corrected chi connectivity index (χ0v) is 9.17. The first-order valence-electron chi connectivity index (χ1n) is 5.15. The summed E-state index contributed by atoms with van der Waals surface area (Å²) >= 11 is 0. The number of alkyl halides is 3. The van der Waals surface area contributed by atoms with Crippen LogP contribution < -0.4 is 0 Å². The molecule has 1 aliphatic heterocycles. The summed E-state index contributed by atoms with van der Waals surface area (Å²) < 4.78 is 42.0. The third-order valence-electron chi connectivity index (χ3n) is 2.71. The lowest BCUT2D eigenvalue weighted by Crippen LogP contribution is -2.13. The Labute approximate surface area is 96.4 Å². The van der Waals surface area contributed by atoms with Crippen LogP contribution in [-0.4, -0.2) is 18.0 Å². The third kappa shape index (κ3) is 2.85. The average molecular weight is 244 g/mol. The lowest BCUT2D eigenvalue weighted by atomic mass is 9.99. The van der Waals surface area contributed by atoms with E-state index in [1.54, 1.807) is 6.92 Å². The molecule has 1 saturated heterocycles. The summed E-state index contributed by atoms with van der Waals surface area (Å²) in [5.41, 5.74) is -0.877. The van der Waals surface area contributed by atoms with Crippen molar-refractivity contribution in [3.8, 4) is 0 Å². The fourth-order valence-electron chi connectivity index (χ4n) is 1.51. The van der Waals surface area contributed by atoms with Gasteiger partial charge in [-0.05, 0) is 19.1 Å². The molecule has 1 heterocycles. The largest absolute Gasteiger partial charge is 0.416 e. The Morgan fingerprint density at radius 1 is 1.35 bits per heavy atom. The molecule has 0 amide bonds. The standard InChI is InChI=1S/C12H11F3O2/c1-11(7-17-11)6-10(16)8-2-4-9(5-3-8)12(13,14)15/h2-5H,6-7H2,1H3. The maximum atomic E-state index is 12.3. The smallest absolute Gasteiger partial charge is 0.369 e. The van der Waals surface area contributed by atoms with Gasteiger partial charge in [-0.15, -0.1) is 0 Å². The van der Waals surface area contributed by atoms with E-state index in [1.807, 2.05) is 0 Å². The SMILES string of the molecule is CC1(CC(=O)c2ccc(C(F)(F)F)cc2)CO1. The second-order valence-corrected chi connectivity index (χ2v) is 4.41. The molecule has 1 aliphatic rings. The summed E-state index contributed by atoms with van der Waals surface area (Å²) in [4.78, 5) is 11.7. The van der Waals surface area contributed by atoms with Crippen molar-refractivity contribution in [2.75, 3.05) is 6.61 Å². The molecular formula is C12H11F3O2. The molecule has 0 spiro atoms. The first-order valence-corrected chi connectivity index (χ1v) is 5.15. The highest BCUT2D eigenvalue weighted by Gasteiger charge is 2.41. The molecule has 0 N–H and O–H groups in total. The predicted molar refractivity (Wildman–Crippen MR) is 54.7 cm³/mol. The Bertz CT molecular complexity index is 430. The van der Waals surface area contributed by atoms with Gasteiger partial charge in [0.25, 0.3) is 0 Å². The minimum absolute atomic E-state index is 0.196. The number of carbonyl (C=O) groups excluding carboxylic acids is 1. The van der Waals surface area contributed by atoms with Crippen LogP contribution in [0.4, 0.5) is 13.2 Å². The Kier molecular flexibility index (Phi) is 2.73. The van der Waals surface area contributed by atoms with Crippen molar-refractivity contribution in [2.45, 2.75) is 25.1 Å². The highest BCUT2D eigenvalue weighted by molar-refractivity contribution is 5.96. The van der Waals surface area contributed by atoms with Gasteiger partial charge < -0.3 is 4.74 Å². The molecule has 1 atom stereocenters. The van der Waals surface area contributed by atoms with E-state index in [0.717, 1.165) is 12.1 Å². The summed E-state index contributed by atoms with van der Waals surface area (Å²) in [7, 11) is 0. The highest BCUT2D eigenvalue weighted by Crippen LogP contribution is 2.32. The molecule has 0 aromatic heterocycles. The predicted octanol–water partition coefficient (Wildman–Crippen LogP) is 3.07. The number of epoxide rings is 1. The summed E-state index contributed by atoms with van der Waals surface area (Å²) in [6.45, 7) is 2.33. The molecule has 17 heavy (non-hydrogen) atoms. The Morgan fingerprint density at radius 3 is 2.29 bits per heavy atom. The number of ether oxygens (including phenoxy) is 1. The van der Waals surface area contributed by atoms with E-state index in [2.05, 4.69) is 0 Å². The van der Waals surface area contributed by atoms with Crippen molar-refractivity contribution in [2.24, 2.45) is 0 Å². The molecule has 0 bridgehead atoms. The molecular weight excluding hydrogens is 233 g/mol. The van der Waals surface area contributed by atoms with Crippen LogP contribution in [0.3, 0.4) is 0 Å². The highest BCUT2D eigenvalue weighted by atomic mass is 19.4. The van der Waals surface area contributed by atoms with Crippen LogP contribution in [0.15, 0.2) is 24.3 Å².